The van der Waals surface area contributed by atoms with Gasteiger partial charge in [-0.1, -0.05) is 0 Å². The Labute approximate surface area is 134 Å². The number of nitrogens with one attached hydrogen (secondary N) is 2. The highest BCUT2D eigenvalue weighted by Crippen LogP contribution is 2.16. The largest absolute Gasteiger partial charge is 0.491 e. The van der Waals surface area contributed by atoms with Crippen LogP contribution in [0.1, 0.15) is 26.7 Å². The fourth-order valence-electron chi connectivity index (χ4n) is 1.96. The smallest absolute Gasteiger partial charge is 0.225 e. The van der Waals surface area contributed by atoms with Crippen LogP contribution >= 0.6 is 0 Å². The minimum Gasteiger partial charge on any atom is -0.491 e. The summed E-state index contributed by atoms with van der Waals surface area (Å²) in [7, 11) is 4.12. The third kappa shape index (κ3) is 8.64. The van der Waals surface area contributed by atoms with Crippen LogP contribution in [-0.2, 0) is 4.79 Å². The first kappa shape index (κ1) is 18.5. The zero-order valence-electron chi connectivity index (χ0n) is 14.2. The zero-order valence-corrected chi connectivity index (χ0v) is 14.2. The number of carbonyl (C=O) groups excluding carboxylic acids is 1. The lowest BCUT2D eigenvalue weighted by Crippen LogP contribution is -2.25. The van der Waals surface area contributed by atoms with Crippen molar-refractivity contribution in [3.8, 4) is 5.75 Å². The molecule has 0 fully saturated rings. The molecule has 2 N–H and O–H groups in total. The third-order valence-electron chi connectivity index (χ3n) is 3.00. The van der Waals surface area contributed by atoms with E-state index in [2.05, 4.69) is 29.6 Å². The topological polar surface area (TPSA) is 53.6 Å². The van der Waals surface area contributed by atoms with E-state index in [-0.39, 0.29) is 12.0 Å². The van der Waals surface area contributed by atoms with E-state index in [1.165, 1.54) is 0 Å². The van der Waals surface area contributed by atoms with Gasteiger partial charge in [0, 0.05) is 18.7 Å². The van der Waals surface area contributed by atoms with Gasteiger partial charge in [0.25, 0.3) is 0 Å². The Morgan fingerprint density at radius 2 is 1.86 bits per heavy atom. The fourth-order valence-corrected chi connectivity index (χ4v) is 1.96. The number of nitrogens with zero attached hydrogens (tertiary/aromatic N) is 1. The summed E-state index contributed by atoms with van der Waals surface area (Å²) in [6.45, 7) is 6.67. The summed E-state index contributed by atoms with van der Waals surface area (Å²) >= 11 is 0. The van der Waals surface area contributed by atoms with Crippen LogP contribution in [0.15, 0.2) is 24.3 Å². The molecule has 0 aliphatic heterocycles. The van der Waals surface area contributed by atoms with Crippen molar-refractivity contribution in [1.82, 2.24) is 10.2 Å². The van der Waals surface area contributed by atoms with E-state index in [0.29, 0.717) is 13.0 Å². The van der Waals surface area contributed by atoms with E-state index in [9.17, 15) is 4.79 Å². The number of hydrogen-bond acceptors (Lipinski definition) is 4. The molecule has 1 amide bonds. The Kier molecular flexibility index (Phi) is 8.55. The van der Waals surface area contributed by atoms with Gasteiger partial charge in [0.15, 0.2) is 0 Å². The molecule has 0 spiro atoms. The number of hydrogen-bond donors (Lipinski definition) is 2. The van der Waals surface area contributed by atoms with E-state index in [1.807, 2.05) is 38.1 Å². The van der Waals surface area contributed by atoms with E-state index in [0.717, 1.165) is 30.9 Å². The van der Waals surface area contributed by atoms with Crippen molar-refractivity contribution in [2.45, 2.75) is 32.8 Å². The molecule has 0 radical (unpaired) electrons. The molecule has 5 nitrogen and oxygen atoms in total. The molecule has 124 valence electrons. The summed E-state index contributed by atoms with van der Waals surface area (Å²) < 4.78 is 5.57. The molecule has 0 aromatic heterocycles. The Morgan fingerprint density at radius 1 is 1.18 bits per heavy atom. The summed E-state index contributed by atoms with van der Waals surface area (Å²) in [4.78, 5) is 14.0. The van der Waals surface area contributed by atoms with Gasteiger partial charge in [0.05, 0.1) is 6.10 Å². The maximum absolute atomic E-state index is 11.8. The highest BCUT2D eigenvalue weighted by Gasteiger charge is 2.03. The lowest BCUT2D eigenvalue weighted by Gasteiger charge is -2.11. The summed E-state index contributed by atoms with van der Waals surface area (Å²) in [5, 5.41) is 6.17. The molecule has 0 heterocycles. The highest BCUT2D eigenvalue weighted by molar-refractivity contribution is 5.90. The second-order valence-electron chi connectivity index (χ2n) is 5.90. The molecule has 0 aliphatic carbocycles. The molecule has 0 saturated carbocycles. The van der Waals surface area contributed by atoms with Crippen LogP contribution in [0.4, 0.5) is 5.69 Å². The Morgan fingerprint density at radius 3 is 2.45 bits per heavy atom. The lowest BCUT2D eigenvalue weighted by molar-refractivity contribution is -0.116. The van der Waals surface area contributed by atoms with Gasteiger partial charge in [-0.3, -0.25) is 4.79 Å². The number of ether oxygens (including phenoxy) is 1. The molecular formula is C17H29N3O2. The first-order chi connectivity index (χ1) is 10.5. The Bertz CT molecular complexity index is 430. The van der Waals surface area contributed by atoms with Crippen LogP contribution in [0, 0.1) is 0 Å². The van der Waals surface area contributed by atoms with Crippen LogP contribution in [-0.4, -0.2) is 50.6 Å². The lowest BCUT2D eigenvalue weighted by atomic mass is 10.3. The fraction of sp³-hybridized carbons (Fsp3) is 0.588. The van der Waals surface area contributed by atoms with Gasteiger partial charge in [-0.25, -0.2) is 0 Å². The molecule has 1 rings (SSSR count). The number of carbonyl (C=O) groups is 1. The maximum atomic E-state index is 11.8. The molecule has 0 unspecified atom stereocenters. The van der Waals surface area contributed by atoms with Crippen molar-refractivity contribution in [3.05, 3.63) is 24.3 Å². The molecule has 0 saturated heterocycles. The highest BCUT2D eigenvalue weighted by atomic mass is 16.5. The van der Waals surface area contributed by atoms with Crippen molar-refractivity contribution in [2.75, 3.05) is 39.0 Å². The quantitative estimate of drug-likeness (QED) is 0.652. The average molecular weight is 307 g/mol. The molecule has 22 heavy (non-hydrogen) atoms. The number of benzene rings is 1. The normalized spacial score (nSPS) is 11.0. The average Bonchev–Trinajstić information content (AvgIpc) is 2.44. The van der Waals surface area contributed by atoms with Gasteiger partial charge in [-0.05, 0) is 71.7 Å². The molecule has 0 atom stereocenters. The third-order valence-corrected chi connectivity index (χ3v) is 3.00. The van der Waals surface area contributed by atoms with E-state index in [4.69, 9.17) is 4.74 Å². The summed E-state index contributed by atoms with van der Waals surface area (Å²) in [6.07, 6.45) is 1.72. The summed E-state index contributed by atoms with van der Waals surface area (Å²) in [6, 6.07) is 7.46. The predicted molar refractivity (Wildman–Crippen MR) is 91.5 cm³/mol. The standard InChI is InChI=1S/C17H29N3O2/c1-14(2)22-16-8-6-15(7-9-16)19-17(21)10-12-18-11-5-13-20(3)4/h6-9,14,18H,5,10-13H2,1-4H3,(H,19,21). The van der Waals surface area contributed by atoms with Crippen LogP contribution in [0.2, 0.25) is 0 Å². The van der Waals surface area contributed by atoms with Crippen LogP contribution in [0.5, 0.6) is 5.75 Å². The Balaban J connectivity index is 2.19. The summed E-state index contributed by atoms with van der Waals surface area (Å²) in [5.74, 6) is 0.841. The second-order valence-corrected chi connectivity index (χ2v) is 5.90. The number of anilines is 1. The van der Waals surface area contributed by atoms with Crippen LogP contribution in [0.3, 0.4) is 0 Å². The first-order valence-electron chi connectivity index (χ1n) is 7.89. The molecular weight excluding hydrogens is 278 g/mol. The van der Waals surface area contributed by atoms with Crippen molar-refractivity contribution < 1.29 is 9.53 Å². The van der Waals surface area contributed by atoms with Crippen molar-refractivity contribution in [2.24, 2.45) is 0 Å². The van der Waals surface area contributed by atoms with Gasteiger partial charge >= 0.3 is 0 Å². The molecule has 1 aromatic carbocycles. The SMILES string of the molecule is CC(C)Oc1ccc(NC(=O)CCNCCCN(C)C)cc1. The minimum atomic E-state index is 0.0256. The molecule has 0 aliphatic rings. The van der Waals surface area contributed by atoms with Crippen LogP contribution < -0.4 is 15.4 Å². The number of amides is 1. The minimum absolute atomic E-state index is 0.0256. The first-order valence-corrected chi connectivity index (χ1v) is 7.89. The van der Waals surface area contributed by atoms with Crippen molar-refractivity contribution >= 4 is 11.6 Å². The van der Waals surface area contributed by atoms with E-state index in [1.54, 1.807) is 0 Å². The predicted octanol–water partition coefficient (Wildman–Crippen LogP) is 2.34. The zero-order chi connectivity index (χ0) is 16.4. The number of rotatable bonds is 10. The van der Waals surface area contributed by atoms with E-state index >= 15 is 0 Å². The molecule has 5 heteroatoms. The van der Waals surface area contributed by atoms with Gasteiger partial charge < -0.3 is 20.3 Å². The molecule has 1 aromatic rings. The monoisotopic (exact) mass is 307 g/mol. The van der Waals surface area contributed by atoms with Gasteiger partial charge in [0.1, 0.15) is 5.75 Å². The molecule has 0 bridgehead atoms. The van der Waals surface area contributed by atoms with E-state index < -0.39 is 0 Å². The Hall–Kier alpha value is -1.59. The summed E-state index contributed by atoms with van der Waals surface area (Å²) in [5.41, 5.74) is 0.800. The van der Waals surface area contributed by atoms with Crippen molar-refractivity contribution in [3.63, 3.8) is 0 Å². The maximum Gasteiger partial charge on any atom is 0.225 e. The van der Waals surface area contributed by atoms with Crippen LogP contribution in [0.25, 0.3) is 0 Å². The van der Waals surface area contributed by atoms with Gasteiger partial charge in [-0.15, -0.1) is 0 Å². The van der Waals surface area contributed by atoms with Gasteiger partial charge in [-0.2, -0.15) is 0 Å². The van der Waals surface area contributed by atoms with Crippen molar-refractivity contribution in [1.29, 1.82) is 0 Å². The van der Waals surface area contributed by atoms with Gasteiger partial charge in [0.2, 0.25) is 5.91 Å². The second kappa shape index (κ2) is 10.2.